The van der Waals surface area contributed by atoms with Crippen LogP contribution in [0.3, 0.4) is 0 Å². The van der Waals surface area contributed by atoms with Gasteiger partial charge < -0.3 is 10.2 Å². The second-order valence-electron chi connectivity index (χ2n) is 5.99. The molecule has 3 nitrogen and oxygen atoms in total. The van der Waals surface area contributed by atoms with Gasteiger partial charge >= 0.3 is 0 Å². The van der Waals surface area contributed by atoms with Crippen LogP contribution in [0.15, 0.2) is 91.1 Å². The van der Waals surface area contributed by atoms with Gasteiger partial charge in [-0.15, -0.1) is 0 Å². The first kappa shape index (κ1) is 15.2. The molecule has 1 N–H and O–H groups in total. The second kappa shape index (κ2) is 6.65. The number of fused-ring (bicyclic) bond motifs is 1. The predicted octanol–water partition coefficient (Wildman–Crippen LogP) is 4.69. The normalized spacial score (nSPS) is 14.2. The number of amides is 1. The molecule has 0 spiro atoms. The molecule has 3 heteroatoms. The molecule has 0 saturated heterocycles. The number of carbonyl (C=O) groups excluding carboxylic acids is 1. The summed E-state index contributed by atoms with van der Waals surface area (Å²) in [7, 11) is 0. The van der Waals surface area contributed by atoms with Crippen molar-refractivity contribution in [2.45, 2.75) is 6.54 Å². The van der Waals surface area contributed by atoms with Crippen molar-refractivity contribution in [2.75, 3.05) is 10.2 Å². The van der Waals surface area contributed by atoms with Gasteiger partial charge in [-0.25, -0.2) is 0 Å². The fraction of sp³-hybridized carbons (Fsp3) is 0.0455. The Morgan fingerprint density at radius 1 is 0.800 bits per heavy atom. The van der Waals surface area contributed by atoms with Crippen molar-refractivity contribution < 1.29 is 4.79 Å². The molecule has 0 radical (unpaired) electrons. The van der Waals surface area contributed by atoms with Crippen molar-refractivity contribution in [1.29, 1.82) is 0 Å². The molecule has 0 unspecified atom stereocenters. The van der Waals surface area contributed by atoms with E-state index in [9.17, 15) is 4.79 Å². The van der Waals surface area contributed by atoms with E-state index in [-0.39, 0.29) is 5.91 Å². The maximum atomic E-state index is 12.4. The average molecular weight is 326 g/mol. The van der Waals surface area contributed by atoms with E-state index in [1.165, 1.54) is 5.56 Å². The van der Waals surface area contributed by atoms with Crippen LogP contribution in [-0.4, -0.2) is 5.91 Å². The first-order valence-electron chi connectivity index (χ1n) is 8.29. The van der Waals surface area contributed by atoms with Crippen molar-refractivity contribution in [3.63, 3.8) is 0 Å². The van der Waals surface area contributed by atoms with E-state index in [1.54, 1.807) is 0 Å². The summed E-state index contributed by atoms with van der Waals surface area (Å²) in [4.78, 5) is 14.6. The van der Waals surface area contributed by atoms with E-state index in [4.69, 9.17) is 0 Å². The van der Waals surface area contributed by atoms with E-state index in [0.717, 1.165) is 16.9 Å². The van der Waals surface area contributed by atoms with Crippen molar-refractivity contribution in [3.8, 4) is 0 Å². The van der Waals surface area contributed by atoms with Gasteiger partial charge in [-0.3, -0.25) is 4.79 Å². The number of benzene rings is 3. The van der Waals surface area contributed by atoms with Gasteiger partial charge in [0.25, 0.3) is 5.91 Å². The molecule has 1 heterocycles. The highest BCUT2D eigenvalue weighted by Gasteiger charge is 2.24. The van der Waals surface area contributed by atoms with Crippen molar-refractivity contribution >= 4 is 22.9 Å². The van der Waals surface area contributed by atoms with Crippen LogP contribution in [0.1, 0.15) is 11.1 Å². The lowest BCUT2D eigenvalue weighted by Crippen LogP contribution is -2.17. The summed E-state index contributed by atoms with van der Waals surface area (Å²) in [5, 5.41) is 2.93. The third kappa shape index (κ3) is 3.17. The summed E-state index contributed by atoms with van der Waals surface area (Å²) in [5.41, 5.74) is 4.74. The van der Waals surface area contributed by atoms with Crippen molar-refractivity contribution in [1.82, 2.24) is 0 Å². The second-order valence-corrected chi connectivity index (χ2v) is 5.99. The zero-order chi connectivity index (χ0) is 17.1. The fourth-order valence-electron chi connectivity index (χ4n) is 3.03. The standard InChI is InChI=1S/C22H18N2O/c25-22-20(19-13-7-8-14-21(19)23-22)16-24(18-11-5-2-6-12-18)15-17-9-3-1-4-10-17/h1-14,16H,15H2,(H,23,25)/b20-16+. The molecule has 0 atom stereocenters. The SMILES string of the molecule is O=C1Nc2ccccc2/C1=C\N(Cc1ccccc1)c1ccccc1. The van der Waals surface area contributed by atoms with Crippen LogP contribution in [0.5, 0.6) is 0 Å². The fourth-order valence-corrected chi connectivity index (χ4v) is 3.03. The van der Waals surface area contributed by atoms with E-state index in [0.29, 0.717) is 12.1 Å². The Morgan fingerprint density at radius 2 is 1.44 bits per heavy atom. The Hall–Kier alpha value is -3.33. The quantitative estimate of drug-likeness (QED) is 0.706. The van der Waals surface area contributed by atoms with Gasteiger partial charge in [-0.2, -0.15) is 0 Å². The van der Waals surface area contributed by atoms with Gasteiger partial charge in [-0.05, 0) is 23.8 Å². The van der Waals surface area contributed by atoms with Gasteiger partial charge in [0.1, 0.15) is 0 Å². The lowest BCUT2D eigenvalue weighted by molar-refractivity contribution is -0.110. The zero-order valence-electron chi connectivity index (χ0n) is 13.7. The van der Waals surface area contributed by atoms with Crippen LogP contribution >= 0.6 is 0 Å². The maximum Gasteiger partial charge on any atom is 0.257 e. The van der Waals surface area contributed by atoms with Crippen LogP contribution in [0.25, 0.3) is 5.57 Å². The van der Waals surface area contributed by atoms with Gasteiger partial charge in [0.2, 0.25) is 0 Å². The number of anilines is 2. The lowest BCUT2D eigenvalue weighted by Gasteiger charge is -2.21. The molecular weight excluding hydrogens is 308 g/mol. The molecule has 122 valence electrons. The molecule has 0 aromatic heterocycles. The van der Waals surface area contributed by atoms with E-state index >= 15 is 0 Å². The summed E-state index contributed by atoms with van der Waals surface area (Å²) >= 11 is 0. The molecule has 0 fully saturated rings. The number of rotatable bonds is 4. The Morgan fingerprint density at radius 3 is 2.20 bits per heavy atom. The highest BCUT2D eigenvalue weighted by molar-refractivity contribution is 6.31. The minimum Gasteiger partial charge on any atom is -0.343 e. The molecule has 0 bridgehead atoms. The Bertz CT molecular complexity index is 917. The molecule has 3 aromatic rings. The molecule has 0 aliphatic carbocycles. The summed E-state index contributed by atoms with van der Waals surface area (Å²) in [6.07, 6.45) is 1.95. The molecule has 0 saturated carbocycles. The first-order valence-corrected chi connectivity index (χ1v) is 8.29. The Labute approximate surface area is 147 Å². The largest absolute Gasteiger partial charge is 0.343 e. The summed E-state index contributed by atoms with van der Waals surface area (Å²) in [6.45, 7) is 0.698. The van der Waals surface area contributed by atoms with Gasteiger partial charge in [0.15, 0.2) is 0 Å². The smallest absolute Gasteiger partial charge is 0.257 e. The number of hydrogen-bond donors (Lipinski definition) is 1. The van der Waals surface area contributed by atoms with E-state index < -0.39 is 0 Å². The number of carbonyl (C=O) groups is 1. The van der Waals surface area contributed by atoms with E-state index in [1.807, 2.05) is 66.9 Å². The molecule has 4 rings (SSSR count). The Kier molecular flexibility index (Phi) is 4.05. The van der Waals surface area contributed by atoms with Crippen molar-refractivity contribution in [2.24, 2.45) is 0 Å². The van der Waals surface area contributed by atoms with Gasteiger partial charge in [-0.1, -0.05) is 66.7 Å². The molecule has 25 heavy (non-hydrogen) atoms. The predicted molar refractivity (Wildman–Crippen MR) is 102 cm³/mol. The number of nitrogens with zero attached hydrogens (tertiary/aromatic N) is 1. The van der Waals surface area contributed by atoms with Crippen LogP contribution in [-0.2, 0) is 11.3 Å². The van der Waals surface area contributed by atoms with Crippen LogP contribution in [0, 0.1) is 0 Å². The highest BCUT2D eigenvalue weighted by Crippen LogP contribution is 2.32. The molecule has 1 aliphatic rings. The molecular formula is C22H18N2O. The topological polar surface area (TPSA) is 32.3 Å². The van der Waals surface area contributed by atoms with Crippen LogP contribution in [0.4, 0.5) is 11.4 Å². The zero-order valence-corrected chi connectivity index (χ0v) is 13.7. The van der Waals surface area contributed by atoms with E-state index in [2.05, 4.69) is 34.5 Å². The van der Waals surface area contributed by atoms with Crippen molar-refractivity contribution in [3.05, 3.63) is 102 Å². The van der Waals surface area contributed by atoms with Gasteiger partial charge in [0, 0.05) is 29.7 Å². The third-order valence-electron chi connectivity index (χ3n) is 4.28. The van der Waals surface area contributed by atoms with Crippen LogP contribution in [0.2, 0.25) is 0 Å². The number of nitrogens with one attached hydrogen (secondary N) is 1. The molecule has 1 amide bonds. The average Bonchev–Trinajstić information content (AvgIpc) is 2.98. The first-order chi connectivity index (χ1) is 12.3. The maximum absolute atomic E-state index is 12.4. The van der Waals surface area contributed by atoms with Gasteiger partial charge in [0.05, 0.1) is 5.57 Å². The van der Waals surface area contributed by atoms with Crippen LogP contribution < -0.4 is 10.2 Å². The number of hydrogen-bond acceptors (Lipinski definition) is 2. The summed E-state index contributed by atoms with van der Waals surface area (Å²) < 4.78 is 0. The number of para-hydroxylation sites is 2. The molecule has 3 aromatic carbocycles. The monoisotopic (exact) mass is 326 g/mol. The molecule has 1 aliphatic heterocycles. The Balaban J connectivity index is 1.75. The minimum absolute atomic E-state index is 0.0600. The third-order valence-corrected chi connectivity index (χ3v) is 4.28. The lowest BCUT2D eigenvalue weighted by atomic mass is 10.1. The summed E-state index contributed by atoms with van der Waals surface area (Å²) in [5.74, 6) is -0.0600. The minimum atomic E-state index is -0.0600. The summed E-state index contributed by atoms with van der Waals surface area (Å²) in [6, 6.07) is 28.2. The highest BCUT2D eigenvalue weighted by atomic mass is 16.2.